The summed E-state index contributed by atoms with van der Waals surface area (Å²) in [6.07, 6.45) is 3.53. The van der Waals surface area contributed by atoms with E-state index in [4.69, 9.17) is 4.74 Å². The molecule has 0 aromatic heterocycles. The van der Waals surface area contributed by atoms with Gasteiger partial charge in [-0.05, 0) is 61.2 Å². The van der Waals surface area contributed by atoms with Crippen LogP contribution in [0.2, 0.25) is 0 Å². The fourth-order valence-corrected chi connectivity index (χ4v) is 3.03. The fraction of sp³-hybridized carbons (Fsp3) is 0.429. The molecular weight excluding hydrogens is 426 g/mol. The van der Waals surface area contributed by atoms with Gasteiger partial charge in [-0.25, -0.2) is 0 Å². The van der Waals surface area contributed by atoms with Crippen molar-refractivity contribution in [1.29, 1.82) is 0 Å². The number of piperazine rings is 1. The maximum Gasteiger partial charge on any atom is 0.310 e. The third kappa shape index (κ3) is 10.1. The minimum absolute atomic E-state index is 0.0498. The van der Waals surface area contributed by atoms with Crippen molar-refractivity contribution < 1.29 is 9.66 Å². The highest BCUT2D eigenvalue weighted by atomic mass is 16.6. The molecule has 0 radical (unpaired) electrons. The molecule has 1 saturated heterocycles. The van der Waals surface area contributed by atoms with Gasteiger partial charge >= 0.3 is 5.69 Å². The van der Waals surface area contributed by atoms with Crippen LogP contribution < -0.4 is 9.64 Å². The van der Waals surface area contributed by atoms with Crippen molar-refractivity contribution in [2.24, 2.45) is 0 Å². The number of hydrogen-bond donors (Lipinski definition) is 0. The van der Waals surface area contributed by atoms with Crippen molar-refractivity contribution in [1.82, 2.24) is 4.90 Å². The summed E-state index contributed by atoms with van der Waals surface area (Å²) in [6.45, 7) is 16.3. The number of allylic oxidation sites excluding steroid dienone is 1. The van der Waals surface area contributed by atoms with Crippen LogP contribution in [0.4, 0.5) is 11.4 Å². The number of hydrogen-bond acceptors (Lipinski definition) is 5. The summed E-state index contributed by atoms with van der Waals surface area (Å²) in [5.74, 6) is 6.35. The smallest absolute Gasteiger partial charge is 0.310 e. The Kier molecular flexibility index (Phi) is 16.4. The highest BCUT2D eigenvalue weighted by molar-refractivity contribution is 5.60. The quantitative estimate of drug-likeness (QED) is 0.292. The molecule has 0 unspecified atom stereocenters. The summed E-state index contributed by atoms with van der Waals surface area (Å²) in [6, 6.07) is 13.0. The predicted octanol–water partition coefficient (Wildman–Crippen LogP) is 6.50. The lowest BCUT2D eigenvalue weighted by atomic mass is 10.1. The molecule has 1 aliphatic rings. The molecule has 0 bridgehead atoms. The first-order valence-electron chi connectivity index (χ1n) is 12.1. The van der Waals surface area contributed by atoms with E-state index in [1.54, 1.807) is 24.3 Å². The lowest BCUT2D eigenvalue weighted by Gasteiger charge is -2.34. The van der Waals surface area contributed by atoms with E-state index < -0.39 is 4.92 Å². The molecule has 2 aromatic rings. The molecule has 0 aliphatic carbocycles. The Hall–Kier alpha value is -3.30. The lowest BCUT2D eigenvalue weighted by molar-refractivity contribution is -0.385. The molecule has 0 atom stereocenters. The normalized spacial score (nSPS) is 12.5. The van der Waals surface area contributed by atoms with Crippen LogP contribution in [0, 0.1) is 22.0 Å². The maximum atomic E-state index is 10.9. The van der Waals surface area contributed by atoms with E-state index in [1.807, 2.05) is 53.7 Å². The topological polar surface area (TPSA) is 58.8 Å². The van der Waals surface area contributed by atoms with Crippen molar-refractivity contribution in [2.75, 3.05) is 45.2 Å². The van der Waals surface area contributed by atoms with Crippen LogP contribution in [0.3, 0.4) is 0 Å². The van der Waals surface area contributed by atoms with E-state index in [-0.39, 0.29) is 11.4 Å². The number of benzene rings is 2. The molecular formula is C28H41N3O3. The zero-order valence-corrected chi connectivity index (χ0v) is 22.1. The monoisotopic (exact) mass is 467 g/mol. The molecule has 1 aliphatic heterocycles. The third-order valence-electron chi connectivity index (χ3n) is 4.71. The maximum absolute atomic E-state index is 10.9. The Balaban J connectivity index is 0.00000168. The van der Waals surface area contributed by atoms with Crippen LogP contribution in [0.5, 0.6) is 5.75 Å². The lowest BCUT2D eigenvalue weighted by Crippen LogP contribution is -2.44. The molecule has 1 heterocycles. The SMILES string of the molecule is CC.CC.CC.COc1cc(/C=C/C#Cc2ccc(N3CCN(C)CC3)cc2)ccc1[N+](=O)[O-]. The second kappa shape index (κ2) is 18.2. The Labute approximate surface area is 206 Å². The fourth-order valence-electron chi connectivity index (χ4n) is 3.03. The minimum Gasteiger partial charge on any atom is -0.490 e. The molecule has 6 heteroatoms. The van der Waals surface area contributed by atoms with Gasteiger partial charge in [0.05, 0.1) is 12.0 Å². The van der Waals surface area contributed by atoms with Crippen molar-refractivity contribution in [2.45, 2.75) is 41.5 Å². The van der Waals surface area contributed by atoms with Crippen LogP contribution in [-0.4, -0.2) is 50.2 Å². The molecule has 0 spiro atoms. The van der Waals surface area contributed by atoms with Gasteiger partial charge in [-0.2, -0.15) is 0 Å². The molecule has 2 aromatic carbocycles. The Bertz CT molecular complexity index is 920. The summed E-state index contributed by atoms with van der Waals surface area (Å²) < 4.78 is 5.07. The molecule has 186 valence electrons. The van der Waals surface area contributed by atoms with Crippen LogP contribution in [-0.2, 0) is 0 Å². The number of rotatable bonds is 4. The standard InChI is InChI=1S/C22H23N3O3.3C2H6/c1-23-13-15-24(16-14-23)20-10-7-18(8-11-20)5-3-4-6-19-9-12-21(25(26)27)22(17-19)28-2;3*1-2/h4,6-12,17H,13-16H2,1-2H3;3*1-2H3/b6-4+;;;. The molecule has 6 nitrogen and oxygen atoms in total. The number of likely N-dealkylation sites (N-methyl/N-ethyl adjacent to an activating group) is 1. The zero-order chi connectivity index (χ0) is 25.9. The zero-order valence-electron chi connectivity index (χ0n) is 22.1. The number of anilines is 1. The van der Waals surface area contributed by atoms with Gasteiger partial charge in [0, 0.05) is 43.5 Å². The number of nitrogens with zero attached hydrogens (tertiary/aromatic N) is 3. The van der Waals surface area contributed by atoms with Gasteiger partial charge < -0.3 is 14.5 Å². The first kappa shape index (κ1) is 30.7. The third-order valence-corrected chi connectivity index (χ3v) is 4.71. The molecule has 0 amide bonds. The van der Waals surface area contributed by atoms with Gasteiger partial charge in [-0.3, -0.25) is 10.1 Å². The highest BCUT2D eigenvalue weighted by Crippen LogP contribution is 2.27. The molecule has 1 fully saturated rings. The van der Waals surface area contributed by atoms with Crippen LogP contribution >= 0.6 is 0 Å². The summed E-state index contributed by atoms with van der Waals surface area (Å²) in [5.41, 5.74) is 2.92. The van der Waals surface area contributed by atoms with E-state index in [2.05, 4.69) is 40.8 Å². The number of ether oxygens (including phenoxy) is 1. The van der Waals surface area contributed by atoms with Crippen molar-refractivity contribution >= 4 is 17.5 Å². The molecule has 3 rings (SSSR count). The number of methoxy groups -OCH3 is 1. The predicted molar refractivity (Wildman–Crippen MR) is 146 cm³/mol. The van der Waals surface area contributed by atoms with Crippen molar-refractivity contribution in [3.8, 4) is 17.6 Å². The van der Waals surface area contributed by atoms with E-state index in [9.17, 15) is 10.1 Å². The minimum atomic E-state index is -0.460. The summed E-state index contributed by atoms with van der Waals surface area (Å²) >= 11 is 0. The van der Waals surface area contributed by atoms with Gasteiger partial charge in [0.25, 0.3) is 0 Å². The molecule has 0 N–H and O–H groups in total. The van der Waals surface area contributed by atoms with Crippen molar-refractivity contribution in [3.05, 3.63) is 69.8 Å². The second-order valence-electron chi connectivity index (χ2n) is 6.63. The van der Waals surface area contributed by atoms with E-state index in [1.165, 1.54) is 18.9 Å². The summed E-state index contributed by atoms with van der Waals surface area (Å²) in [5, 5.41) is 10.9. The van der Waals surface area contributed by atoms with Gasteiger partial charge in [0.1, 0.15) is 0 Å². The average molecular weight is 468 g/mol. The summed E-state index contributed by atoms with van der Waals surface area (Å²) in [4.78, 5) is 15.2. The molecule has 34 heavy (non-hydrogen) atoms. The highest BCUT2D eigenvalue weighted by Gasteiger charge is 2.14. The first-order chi connectivity index (χ1) is 16.6. The average Bonchev–Trinajstić information content (AvgIpc) is 2.90. The van der Waals surface area contributed by atoms with Crippen molar-refractivity contribution in [3.63, 3.8) is 0 Å². The number of nitro benzene ring substituents is 1. The Morgan fingerprint density at radius 2 is 1.53 bits per heavy atom. The first-order valence-corrected chi connectivity index (χ1v) is 12.1. The van der Waals surface area contributed by atoms with Gasteiger partial charge in [0.15, 0.2) is 5.75 Å². The Morgan fingerprint density at radius 3 is 2.06 bits per heavy atom. The van der Waals surface area contributed by atoms with Crippen LogP contribution in [0.1, 0.15) is 52.7 Å². The van der Waals surface area contributed by atoms with E-state index >= 15 is 0 Å². The largest absolute Gasteiger partial charge is 0.490 e. The summed E-state index contributed by atoms with van der Waals surface area (Å²) in [7, 11) is 3.57. The number of nitro groups is 1. The van der Waals surface area contributed by atoms with Gasteiger partial charge in [0.2, 0.25) is 0 Å². The second-order valence-corrected chi connectivity index (χ2v) is 6.63. The van der Waals surface area contributed by atoms with Gasteiger partial charge in [-0.15, -0.1) is 0 Å². The molecule has 0 saturated carbocycles. The van der Waals surface area contributed by atoms with E-state index in [0.29, 0.717) is 0 Å². The Morgan fingerprint density at radius 1 is 0.941 bits per heavy atom. The van der Waals surface area contributed by atoms with Crippen LogP contribution in [0.25, 0.3) is 6.08 Å². The van der Waals surface area contributed by atoms with Crippen LogP contribution in [0.15, 0.2) is 48.5 Å². The van der Waals surface area contributed by atoms with Gasteiger partial charge in [-0.1, -0.05) is 53.4 Å². The van der Waals surface area contributed by atoms with E-state index in [0.717, 1.165) is 37.3 Å².